The number of halogens is 2. The summed E-state index contributed by atoms with van der Waals surface area (Å²) in [7, 11) is 0. The fraction of sp³-hybridized carbons (Fsp3) is 0.500. The van der Waals surface area contributed by atoms with Gasteiger partial charge in [0.1, 0.15) is 6.04 Å². The van der Waals surface area contributed by atoms with Crippen molar-refractivity contribution in [1.82, 2.24) is 9.88 Å². The number of nitrogens with zero attached hydrogens (tertiary/aromatic N) is 2. The van der Waals surface area contributed by atoms with Gasteiger partial charge in [-0.15, -0.1) is 0 Å². The second-order valence-electron chi connectivity index (χ2n) is 4.29. The van der Waals surface area contributed by atoms with Gasteiger partial charge in [-0.25, -0.2) is 0 Å². The number of rotatable bonds is 3. The zero-order chi connectivity index (χ0) is 13.3. The van der Waals surface area contributed by atoms with Crippen molar-refractivity contribution in [2.75, 3.05) is 6.54 Å². The van der Waals surface area contributed by atoms with Crippen LogP contribution < -0.4 is 0 Å². The van der Waals surface area contributed by atoms with Crippen LogP contribution in [0, 0.1) is 11.9 Å². The van der Waals surface area contributed by atoms with Crippen molar-refractivity contribution >= 4 is 5.97 Å². The molecule has 1 fully saturated rings. The number of likely N-dealkylation sites (tertiary alicyclic amines) is 1. The molecular formula is C12H14F2N2O2. The summed E-state index contributed by atoms with van der Waals surface area (Å²) < 4.78 is 26.4. The molecule has 0 spiro atoms. The van der Waals surface area contributed by atoms with E-state index in [2.05, 4.69) is 4.98 Å². The van der Waals surface area contributed by atoms with E-state index in [4.69, 9.17) is 5.11 Å². The Balaban J connectivity index is 2.30. The topological polar surface area (TPSA) is 53.4 Å². The lowest BCUT2D eigenvalue weighted by Crippen LogP contribution is -2.37. The lowest BCUT2D eigenvalue weighted by atomic mass is 10.1. The first-order chi connectivity index (χ1) is 8.54. The average Bonchev–Trinajstić information content (AvgIpc) is 2.72. The summed E-state index contributed by atoms with van der Waals surface area (Å²) in [5.41, 5.74) is 0.266. The lowest BCUT2D eigenvalue weighted by Gasteiger charge is -2.26. The molecule has 1 aliphatic rings. The third-order valence-electron chi connectivity index (χ3n) is 3.37. The molecule has 2 atom stereocenters. The Morgan fingerprint density at radius 1 is 1.50 bits per heavy atom. The molecule has 4 nitrogen and oxygen atoms in total. The van der Waals surface area contributed by atoms with Gasteiger partial charge in [0.15, 0.2) is 0 Å². The zero-order valence-electron chi connectivity index (χ0n) is 9.94. The Morgan fingerprint density at radius 3 is 2.78 bits per heavy atom. The second kappa shape index (κ2) is 4.97. The minimum atomic E-state index is -0.908. The summed E-state index contributed by atoms with van der Waals surface area (Å²) in [4.78, 5) is 15.9. The number of aromatic nitrogens is 1. The maximum absolute atomic E-state index is 13.6. The molecule has 1 N–H and O–H groups in total. The highest BCUT2D eigenvalue weighted by Crippen LogP contribution is 2.36. The molecule has 0 bridgehead atoms. The van der Waals surface area contributed by atoms with E-state index in [9.17, 15) is 13.6 Å². The van der Waals surface area contributed by atoms with E-state index < -0.39 is 23.9 Å². The normalized spacial score (nSPS) is 24.4. The van der Waals surface area contributed by atoms with Crippen LogP contribution in [-0.2, 0) is 4.79 Å². The number of aliphatic carboxylic acids is 1. The summed E-state index contributed by atoms with van der Waals surface area (Å²) in [6.07, 6.45) is 1.000. The monoisotopic (exact) mass is 256 g/mol. The van der Waals surface area contributed by atoms with Gasteiger partial charge < -0.3 is 5.11 Å². The molecular weight excluding hydrogens is 242 g/mol. The van der Waals surface area contributed by atoms with Crippen LogP contribution in [0.2, 0.25) is 0 Å². The summed E-state index contributed by atoms with van der Waals surface area (Å²) in [5.74, 6) is -2.63. The van der Waals surface area contributed by atoms with E-state index in [0.717, 1.165) is 6.07 Å². The van der Waals surface area contributed by atoms with Crippen molar-refractivity contribution in [3.8, 4) is 0 Å². The van der Waals surface area contributed by atoms with Crippen molar-refractivity contribution in [2.45, 2.75) is 31.8 Å². The molecule has 1 aliphatic heterocycles. The van der Waals surface area contributed by atoms with E-state index in [1.807, 2.05) is 6.92 Å². The second-order valence-corrected chi connectivity index (χ2v) is 4.29. The molecule has 2 heterocycles. The first-order valence-corrected chi connectivity index (χ1v) is 5.85. The van der Waals surface area contributed by atoms with E-state index in [-0.39, 0.29) is 11.6 Å². The van der Waals surface area contributed by atoms with Crippen LogP contribution in [0.4, 0.5) is 8.78 Å². The molecule has 1 unspecified atom stereocenters. The Hall–Kier alpha value is -1.56. The molecule has 1 aromatic rings. The van der Waals surface area contributed by atoms with Gasteiger partial charge in [-0.3, -0.25) is 9.69 Å². The van der Waals surface area contributed by atoms with E-state index in [0.29, 0.717) is 19.4 Å². The highest BCUT2D eigenvalue weighted by molar-refractivity contribution is 5.74. The molecule has 98 valence electrons. The van der Waals surface area contributed by atoms with Crippen LogP contribution in [0.5, 0.6) is 0 Å². The van der Waals surface area contributed by atoms with Gasteiger partial charge >= 0.3 is 5.97 Å². The number of carboxylic acids is 1. The van der Waals surface area contributed by atoms with Gasteiger partial charge in [-0.05, 0) is 31.5 Å². The summed E-state index contributed by atoms with van der Waals surface area (Å²) in [6, 6.07) is 1.49. The first-order valence-electron chi connectivity index (χ1n) is 5.85. The van der Waals surface area contributed by atoms with Crippen molar-refractivity contribution in [3.05, 3.63) is 29.6 Å². The minimum absolute atomic E-state index is 0.266. The van der Waals surface area contributed by atoms with Crippen LogP contribution in [0.1, 0.15) is 31.4 Å². The quantitative estimate of drug-likeness (QED) is 0.840. The molecule has 1 saturated heterocycles. The SMILES string of the molecule is CCN1C(c2ccc(F)nc2F)CC[C@@H]1C(=O)O. The molecule has 1 aromatic heterocycles. The van der Waals surface area contributed by atoms with Crippen LogP contribution in [-0.4, -0.2) is 33.5 Å². The third kappa shape index (κ3) is 2.20. The Bertz CT molecular complexity index is 467. The van der Waals surface area contributed by atoms with Crippen LogP contribution >= 0.6 is 0 Å². The molecule has 6 heteroatoms. The standard InChI is InChI=1S/C12H14F2N2O2/c1-2-16-8(4-5-9(16)12(17)18)7-3-6-10(13)15-11(7)14/h3,6,8-9H,2,4-5H2,1H3,(H,17,18)/t8?,9-/m1/s1. The lowest BCUT2D eigenvalue weighted by molar-refractivity contribution is -0.142. The number of hydrogen-bond acceptors (Lipinski definition) is 3. The van der Waals surface area contributed by atoms with Crippen molar-refractivity contribution in [2.24, 2.45) is 0 Å². The van der Waals surface area contributed by atoms with Gasteiger partial charge in [-0.2, -0.15) is 13.8 Å². The third-order valence-corrected chi connectivity index (χ3v) is 3.37. The molecule has 0 aromatic carbocycles. The minimum Gasteiger partial charge on any atom is -0.480 e. The predicted octanol–water partition coefficient (Wildman–Crippen LogP) is 1.97. The number of carboxylic acid groups (broad SMARTS) is 1. The number of pyridine rings is 1. The van der Waals surface area contributed by atoms with E-state index in [1.54, 1.807) is 4.90 Å². The van der Waals surface area contributed by atoms with Gasteiger partial charge in [0, 0.05) is 11.6 Å². The first kappa shape index (κ1) is 12.9. The molecule has 0 amide bonds. The fourth-order valence-electron chi connectivity index (χ4n) is 2.58. The molecule has 0 radical (unpaired) electrons. The molecule has 2 rings (SSSR count). The zero-order valence-corrected chi connectivity index (χ0v) is 9.94. The highest BCUT2D eigenvalue weighted by atomic mass is 19.1. The van der Waals surface area contributed by atoms with Crippen molar-refractivity contribution < 1.29 is 18.7 Å². The highest BCUT2D eigenvalue weighted by Gasteiger charge is 2.38. The predicted molar refractivity (Wildman–Crippen MR) is 59.9 cm³/mol. The molecule has 18 heavy (non-hydrogen) atoms. The smallest absolute Gasteiger partial charge is 0.320 e. The van der Waals surface area contributed by atoms with Crippen LogP contribution in [0.15, 0.2) is 12.1 Å². The summed E-state index contributed by atoms with van der Waals surface area (Å²) in [6.45, 7) is 2.32. The van der Waals surface area contributed by atoms with Crippen LogP contribution in [0.25, 0.3) is 0 Å². The summed E-state index contributed by atoms with van der Waals surface area (Å²) >= 11 is 0. The van der Waals surface area contributed by atoms with Crippen molar-refractivity contribution in [3.63, 3.8) is 0 Å². The van der Waals surface area contributed by atoms with E-state index >= 15 is 0 Å². The van der Waals surface area contributed by atoms with E-state index in [1.165, 1.54) is 6.07 Å². The fourth-order valence-corrected chi connectivity index (χ4v) is 2.58. The average molecular weight is 256 g/mol. The van der Waals surface area contributed by atoms with Gasteiger partial charge in [0.2, 0.25) is 11.9 Å². The Morgan fingerprint density at radius 2 is 2.22 bits per heavy atom. The van der Waals surface area contributed by atoms with Gasteiger partial charge in [-0.1, -0.05) is 6.92 Å². The van der Waals surface area contributed by atoms with Crippen LogP contribution in [0.3, 0.4) is 0 Å². The number of hydrogen-bond donors (Lipinski definition) is 1. The maximum atomic E-state index is 13.6. The Labute approximate surface area is 103 Å². The molecule has 0 aliphatic carbocycles. The van der Waals surface area contributed by atoms with Crippen molar-refractivity contribution in [1.29, 1.82) is 0 Å². The van der Waals surface area contributed by atoms with Gasteiger partial charge in [0.05, 0.1) is 0 Å². The summed E-state index contributed by atoms with van der Waals surface area (Å²) in [5, 5.41) is 9.08. The number of carbonyl (C=O) groups is 1. The number of likely N-dealkylation sites (N-methyl/N-ethyl adjacent to an activating group) is 1. The van der Waals surface area contributed by atoms with Gasteiger partial charge in [0.25, 0.3) is 0 Å². The Kier molecular flexibility index (Phi) is 3.56. The maximum Gasteiger partial charge on any atom is 0.320 e. The largest absolute Gasteiger partial charge is 0.480 e. The molecule has 0 saturated carbocycles.